The average molecular weight is 713 g/mol. The minimum absolute atomic E-state index is 0.0382. The molecule has 0 aliphatic carbocycles. The molecule has 0 spiro atoms. The third-order valence-electron chi connectivity index (χ3n) is 7.81. The predicted octanol–water partition coefficient (Wildman–Crippen LogP) is 5.50. The van der Waals surface area contributed by atoms with Crippen molar-refractivity contribution in [1.82, 2.24) is 9.55 Å². The molecule has 1 aromatic heterocycles. The van der Waals surface area contributed by atoms with Gasteiger partial charge in [-0.15, -0.1) is 0 Å². The molecule has 52 heavy (non-hydrogen) atoms. The maximum atomic E-state index is 16.0. The van der Waals surface area contributed by atoms with E-state index in [0.717, 1.165) is 24.4 Å². The molecule has 1 fully saturated rings. The fourth-order valence-electron chi connectivity index (χ4n) is 5.24. The summed E-state index contributed by atoms with van der Waals surface area (Å²) in [6.45, 7) is -0.775. The Labute approximate surface area is 292 Å². The average Bonchev–Trinajstić information content (AvgIpc) is 3.39. The molecule has 3 unspecified atom stereocenters. The number of amides is 2. The van der Waals surface area contributed by atoms with Crippen LogP contribution in [0.5, 0.6) is 0 Å². The van der Waals surface area contributed by atoms with Gasteiger partial charge in [0.05, 0.1) is 16.7 Å². The number of hydrogen-bond acceptors (Lipinski definition) is 9. The minimum Gasteiger partial charge on any atom is -0.459 e. The van der Waals surface area contributed by atoms with Crippen molar-refractivity contribution < 1.29 is 46.6 Å². The third-order valence-corrected chi connectivity index (χ3v) is 7.81. The van der Waals surface area contributed by atoms with Gasteiger partial charge in [-0.3, -0.25) is 14.2 Å². The number of aromatic nitrogens is 2. The number of halogens is 3. The maximum Gasteiger partial charge on any atom is 0.351 e. The number of hydrogen-bond donors (Lipinski definition) is 2. The Morgan fingerprint density at radius 3 is 1.96 bits per heavy atom. The van der Waals surface area contributed by atoms with Crippen LogP contribution in [0.25, 0.3) is 0 Å². The van der Waals surface area contributed by atoms with Gasteiger partial charge >= 0.3 is 23.6 Å². The molecule has 2 amide bonds. The van der Waals surface area contributed by atoms with Crippen LogP contribution >= 0.6 is 0 Å². The Kier molecular flexibility index (Phi) is 10.2. The number of esters is 2. The van der Waals surface area contributed by atoms with Crippen LogP contribution in [0, 0.1) is 5.82 Å². The largest absolute Gasteiger partial charge is 0.459 e. The van der Waals surface area contributed by atoms with Crippen LogP contribution in [0.15, 0.2) is 126 Å². The highest BCUT2D eigenvalue weighted by Crippen LogP contribution is 2.44. The second kappa shape index (κ2) is 15.1. The molecule has 1 aliphatic heterocycles. The Morgan fingerprint density at radius 1 is 0.769 bits per heavy atom. The van der Waals surface area contributed by atoms with Crippen molar-refractivity contribution in [1.29, 1.82) is 0 Å². The monoisotopic (exact) mass is 712 g/mol. The number of carbonyl (C=O) groups is 4. The summed E-state index contributed by atoms with van der Waals surface area (Å²) in [5.74, 6) is -8.98. The normalized spacial score (nSPS) is 17.5. The highest BCUT2D eigenvalue weighted by Gasteiger charge is 2.63. The Hall–Kier alpha value is -6.61. The van der Waals surface area contributed by atoms with Crippen molar-refractivity contribution in [3.05, 3.63) is 160 Å². The van der Waals surface area contributed by atoms with E-state index in [-0.39, 0.29) is 16.8 Å². The number of carbonyl (C=O) groups excluding carboxylic acids is 4. The molecule has 2 heterocycles. The molecule has 12 nitrogen and oxygen atoms in total. The summed E-state index contributed by atoms with van der Waals surface area (Å²) in [5, 5.41) is 4.74. The van der Waals surface area contributed by atoms with Crippen molar-refractivity contribution in [3.63, 3.8) is 0 Å². The molecule has 5 aromatic rings. The molecule has 0 saturated carbocycles. The SMILES string of the molecule is O=C(Nc1ccc(C(=O)Nc2ccn(C3OC(COC(=O)c4ccccc4)C(OC(=O)c4ccccc4)C3(F)F)c(=O)n2)c(F)c1)c1ccccc1. The minimum atomic E-state index is -4.06. The smallest absolute Gasteiger partial charge is 0.351 e. The molecule has 6 rings (SSSR count). The van der Waals surface area contributed by atoms with Gasteiger partial charge in [0.2, 0.25) is 6.23 Å². The first-order valence-electron chi connectivity index (χ1n) is 15.6. The summed E-state index contributed by atoms with van der Waals surface area (Å²) in [7, 11) is 0. The van der Waals surface area contributed by atoms with Crippen molar-refractivity contribution in [2.45, 2.75) is 24.4 Å². The zero-order valence-corrected chi connectivity index (χ0v) is 26.8. The summed E-state index contributed by atoms with van der Waals surface area (Å²) in [5.41, 5.74) is -1.28. The van der Waals surface area contributed by atoms with Gasteiger partial charge in [0.25, 0.3) is 11.8 Å². The fraction of sp³-hybridized carbons (Fsp3) is 0.135. The molecule has 3 atom stereocenters. The van der Waals surface area contributed by atoms with Gasteiger partial charge < -0.3 is 24.8 Å². The summed E-state index contributed by atoms with van der Waals surface area (Å²) < 4.78 is 63.3. The predicted molar refractivity (Wildman–Crippen MR) is 178 cm³/mol. The number of nitrogens with one attached hydrogen (secondary N) is 2. The van der Waals surface area contributed by atoms with E-state index in [0.29, 0.717) is 10.1 Å². The van der Waals surface area contributed by atoms with Crippen LogP contribution in [-0.4, -0.2) is 58.0 Å². The fourth-order valence-corrected chi connectivity index (χ4v) is 5.24. The lowest BCUT2D eigenvalue weighted by Crippen LogP contribution is -2.44. The Balaban J connectivity index is 1.18. The van der Waals surface area contributed by atoms with E-state index in [1.165, 1.54) is 42.5 Å². The Morgan fingerprint density at radius 2 is 1.37 bits per heavy atom. The van der Waals surface area contributed by atoms with Crippen molar-refractivity contribution in [2.75, 3.05) is 17.2 Å². The zero-order valence-electron chi connectivity index (χ0n) is 26.8. The first kappa shape index (κ1) is 35.2. The van der Waals surface area contributed by atoms with Crippen LogP contribution in [0.1, 0.15) is 47.7 Å². The summed E-state index contributed by atoms with van der Waals surface area (Å²) in [6, 6.07) is 27.5. The van der Waals surface area contributed by atoms with Gasteiger partial charge in [0, 0.05) is 17.4 Å². The van der Waals surface area contributed by atoms with Crippen LogP contribution in [-0.2, 0) is 14.2 Å². The van der Waals surface area contributed by atoms with Gasteiger partial charge in [0.1, 0.15) is 24.3 Å². The lowest BCUT2D eigenvalue weighted by atomic mass is 10.1. The zero-order chi connectivity index (χ0) is 36.8. The van der Waals surface area contributed by atoms with E-state index in [1.54, 1.807) is 54.6 Å². The molecule has 264 valence electrons. The van der Waals surface area contributed by atoms with Crippen LogP contribution in [0.3, 0.4) is 0 Å². The molecule has 0 radical (unpaired) electrons. The second-order valence-corrected chi connectivity index (χ2v) is 11.3. The van der Waals surface area contributed by atoms with Crippen LogP contribution < -0.4 is 16.3 Å². The molecule has 4 aromatic carbocycles. The molecule has 15 heteroatoms. The number of alkyl halides is 2. The molecule has 1 aliphatic rings. The lowest BCUT2D eigenvalue weighted by molar-refractivity contribution is -0.142. The first-order chi connectivity index (χ1) is 25.0. The molecule has 1 saturated heterocycles. The van der Waals surface area contributed by atoms with Gasteiger partial charge in [-0.25, -0.2) is 18.8 Å². The van der Waals surface area contributed by atoms with Crippen LogP contribution in [0.2, 0.25) is 0 Å². The number of rotatable bonds is 10. The van der Waals surface area contributed by atoms with E-state index in [9.17, 15) is 28.4 Å². The quantitative estimate of drug-likeness (QED) is 0.179. The number of ether oxygens (including phenoxy) is 3. The topological polar surface area (TPSA) is 155 Å². The van der Waals surface area contributed by atoms with Crippen molar-refractivity contribution >= 4 is 35.3 Å². The van der Waals surface area contributed by atoms with E-state index >= 15 is 8.78 Å². The van der Waals surface area contributed by atoms with Crippen molar-refractivity contribution in [2.24, 2.45) is 0 Å². The van der Waals surface area contributed by atoms with Gasteiger partial charge in [-0.05, 0) is 60.7 Å². The van der Waals surface area contributed by atoms with E-state index in [4.69, 9.17) is 14.2 Å². The third kappa shape index (κ3) is 7.74. The van der Waals surface area contributed by atoms with Crippen molar-refractivity contribution in [3.8, 4) is 0 Å². The summed E-state index contributed by atoms with van der Waals surface area (Å²) in [4.78, 5) is 67.3. The summed E-state index contributed by atoms with van der Waals surface area (Å²) in [6.07, 6.45) is -5.57. The molecule has 0 bridgehead atoms. The number of nitrogens with zero attached hydrogens (tertiary/aromatic N) is 2. The number of benzene rings is 4. The molecular formula is C37H27F3N4O8. The maximum absolute atomic E-state index is 16.0. The van der Waals surface area contributed by atoms with E-state index < -0.39 is 77.6 Å². The van der Waals surface area contributed by atoms with Gasteiger partial charge in [0.15, 0.2) is 6.10 Å². The summed E-state index contributed by atoms with van der Waals surface area (Å²) >= 11 is 0. The van der Waals surface area contributed by atoms with E-state index in [2.05, 4.69) is 15.6 Å². The molecular weight excluding hydrogens is 685 g/mol. The number of anilines is 2. The highest BCUT2D eigenvalue weighted by molar-refractivity contribution is 6.06. The van der Waals surface area contributed by atoms with Crippen LogP contribution in [0.4, 0.5) is 24.7 Å². The van der Waals surface area contributed by atoms with Gasteiger partial charge in [-0.1, -0.05) is 54.6 Å². The lowest BCUT2D eigenvalue weighted by Gasteiger charge is -2.24. The Bertz CT molecular complexity index is 2170. The standard InChI is InChI=1S/C37H27F3N4O8/c38-27-20-25(41-31(45)22-10-4-1-5-11-22)16-17-26(27)32(46)42-29-18-19-44(36(49)43-29)35-37(39,40)30(52-34(48)24-14-8-3-9-15-24)28(51-35)21-50-33(47)23-12-6-2-7-13-23/h1-20,28,30,35H,21H2,(H,41,45)(H,42,43,46,49). The van der Waals surface area contributed by atoms with Gasteiger partial charge in [-0.2, -0.15) is 13.8 Å². The van der Waals surface area contributed by atoms with E-state index in [1.807, 2.05) is 0 Å². The first-order valence-corrected chi connectivity index (χ1v) is 15.6. The second-order valence-electron chi connectivity index (χ2n) is 11.3. The molecule has 2 N–H and O–H groups in total. The highest BCUT2D eigenvalue weighted by atomic mass is 19.3.